The Morgan fingerprint density at radius 3 is 2.54 bits per heavy atom. The summed E-state index contributed by atoms with van der Waals surface area (Å²) in [5.74, 6) is -0.101. The quantitative estimate of drug-likeness (QED) is 0.280. The smallest absolute Gasteiger partial charge is 0.341 e. The SMILES string of the molecule is CCOC(=O)c1c(NC(=O)c2cc(-c3ccccc3)nc3ccccc23)sc2c1CCC(C(C)(C)C)C2. The van der Waals surface area contributed by atoms with Gasteiger partial charge in [0.25, 0.3) is 5.91 Å². The minimum absolute atomic E-state index is 0.180. The number of thiophene rings is 1. The summed E-state index contributed by atoms with van der Waals surface area (Å²) in [7, 11) is 0. The second-order valence-corrected chi connectivity index (χ2v) is 11.7. The van der Waals surface area contributed by atoms with Crippen LogP contribution in [0.15, 0.2) is 60.7 Å². The van der Waals surface area contributed by atoms with Gasteiger partial charge in [-0.1, -0.05) is 69.3 Å². The molecule has 0 saturated heterocycles. The molecule has 0 bridgehead atoms. The van der Waals surface area contributed by atoms with Gasteiger partial charge in [-0.15, -0.1) is 11.3 Å². The minimum Gasteiger partial charge on any atom is -0.462 e. The van der Waals surface area contributed by atoms with E-state index >= 15 is 0 Å². The van der Waals surface area contributed by atoms with Crippen LogP contribution < -0.4 is 5.32 Å². The molecule has 2 aromatic heterocycles. The third-order valence-electron chi connectivity index (χ3n) is 7.23. The average Bonchev–Trinajstić information content (AvgIpc) is 3.25. The average molecular weight is 513 g/mol. The molecule has 1 amide bonds. The van der Waals surface area contributed by atoms with E-state index in [-0.39, 0.29) is 23.9 Å². The van der Waals surface area contributed by atoms with Crippen molar-refractivity contribution in [2.24, 2.45) is 11.3 Å². The lowest BCUT2D eigenvalue weighted by atomic mass is 9.72. The lowest BCUT2D eigenvalue weighted by molar-refractivity contribution is 0.0526. The predicted molar refractivity (Wildman–Crippen MR) is 150 cm³/mol. The summed E-state index contributed by atoms with van der Waals surface area (Å²) in [5.41, 5.74) is 4.67. The molecule has 1 aliphatic carbocycles. The van der Waals surface area contributed by atoms with Crippen LogP contribution in [0.2, 0.25) is 0 Å². The third-order valence-corrected chi connectivity index (χ3v) is 8.40. The van der Waals surface area contributed by atoms with Crippen molar-refractivity contribution < 1.29 is 14.3 Å². The Bertz CT molecular complexity index is 1470. The van der Waals surface area contributed by atoms with Crippen LogP contribution >= 0.6 is 11.3 Å². The van der Waals surface area contributed by atoms with Crippen molar-refractivity contribution in [2.45, 2.75) is 47.0 Å². The first-order chi connectivity index (χ1) is 17.8. The second-order valence-electron chi connectivity index (χ2n) is 10.6. The molecule has 0 saturated carbocycles. The Morgan fingerprint density at radius 2 is 1.81 bits per heavy atom. The molecule has 0 aliphatic heterocycles. The van der Waals surface area contributed by atoms with Crippen molar-refractivity contribution in [3.8, 4) is 11.3 Å². The number of rotatable bonds is 5. The number of carbonyl (C=O) groups excluding carboxylic acids is 2. The summed E-state index contributed by atoms with van der Waals surface area (Å²) >= 11 is 1.52. The summed E-state index contributed by atoms with van der Waals surface area (Å²) in [5, 5.41) is 4.44. The van der Waals surface area contributed by atoms with Crippen molar-refractivity contribution in [1.82, 2.24) is 4.98 Å². The lowest BCUT2D eigenvalue weighted by Crippen LogP contribution is -2.26. The fourth-order valence-corrected chi connectivity index (χ4v) is 6.43. The number of nitrogens with one attached hydrogen (secondary N) is 1. The van der Waals surface area contributed by atoms with Crippen LogP contribution in [-0.2, 0) is 17.6 Å². The van der Waals surface area contributed by atoms with Crippen LogP contribution in [0.5, 0.6) is 0 Å². The standard InChI is InChI=1S/C31H32N2O3S/c1-5-36-30(35)27-22-16-15-20(31(2,3)4)17-26(22)37-29(27)33-28(34)23-18-25(19-11-7-6-8-12-19)32-24-14-10-9-13-21(23)24/h6-14,18,20H,5,15-17H2,1-4H3,(H,33,34). The zero-order chi connectivity index (χ0) is 26.2. The maximum absolute atomic E-state index is 13.8. The number of carbonyl (C=O) groups is 2. The lowest BCUT2D eigenvalue weighted by Gasteiger charge is -2.33. The Kier molecular flexibility index (Phi) is 6.86. The number of amides is 1. The number of nitrogens with zero attached hydrogens (tertiary/aromatic N) is 1. The van der Waals surface area contributed by atoms with Gasteiger partial charge in [-0.05, 0) is 55.2 Å². The summed E-state index contributed by atoms with van der Waals surface area (Å²) in [6, 6.07) is 19.3. The number of ether oxygens (including phenoxy) is 1. The van der Waals surface area contributed by atoms with Gasteiger partial charge in [0.05, 0.1) is 28.9 Å². The Balaban J connectivity index is 1.56. The van der Waals surface area contributed by atoms with Crippen molar-refractivity contribution in [3.05, 3.63) is 82.2 Å². The Morgan fingerprint density at radius 1 is 1.08 bits per heavy atom. The Hall–Kier alpha value is -3.51. The molecule has 1 atom stereocenters. The van der Waals surface area contributed by atoms with Gasteiger partial charge in [0.2, 0.25) is 0 Å². The van der Waals surface area contributed by atoms with E-state index in [0.717, 1.165) is 47.0 Å². The first-order valence-electron chi connectivity index (χ1n) is 12.8. The van der Waals surface area contributed by atoms with Gasteiger partial charge < -0.3 is 10.1 Å². The van der Waals surface area contributed by atoms with Gasteiger partial charge in [0.15, 0.2) is 0 Å². The van der Waals surface area contributed by atoms with E-state index in [2.05, 4.69) is 26.1 Å². The highest BCUT2D eigenvalue weighted by Crippen LogP contribution is 2.44. The van der Waals surface area contributed by atoms with E-state index in [0.29, 0.717) is 22.0 Å². The largest absolute Gasteiger partial charge is 0.462 e. The predicted octanol–water partition coefficient (Wildman–Crippen LogP) is 7.54. The van der Waals surface area contributed by atoms with E-state index in [1.807, 2.05) is 60.7 Å². The van der Waals surface area contributed by atoms with Crippen LogP contribution in [-0.4, -0.2) is 23.5 Å². The van der Waals surface area contributed by atoms with Crippen molar-refractivity contribution >= 4 is 39.1 Å². The van der Waals surface area contributed by atoms with E-state index in [1.54, 1.807) is 6.92 Å². The molecule has 1 N–H and O–H groups in total. The summed E-state index contributed by atoms with van der Waals surface area (Å²) in [4.78, 5) is 32.8. The molecule has 2 heterocycles. The van der Waals surface area contributed by atoms with Crippen molar-refractivity contribution in [3.63, 3.8) is 0 Å². The maximum Gasteiger partial charge on any atom is 0.341 e. The molecule has 0 radical (unpaired) electrons. The highest BCUT2D eigenvalue weighted by Gasteiger charge is 2.34. The normalized spacial score (nSPS) is 15.3. The highest BCUT2D eigenvalue weighted by atomic mass is 32.1. The second kappa shape index (κ2) is 10.1. The molecule has 5 nitrogen and oxygen atoms in total. The van der Waals surface area contributed by atoms with Crippen molar-refractivity contribution in [2.75, 3.05) is 11.9 Å². The number of hydrogen-bond donors (Lipinski definition) is 1. The molecule has 6 heteroatoms. The van der Waals surface area contributed by atoms with Crippen molar-refractivity contribution in [1.29, 1.82) is 0 Å². The van der Waals surface area contributed by atoms with Crippen LogP contribution in [0.1, 0.15) is 65.3 Å². The molecule has 4 aromatic rings. The minimum atomic E-state index is -0.367. The number of hydrogen-bond acceptors (Lipinski definition) is 5. The van der Waals surface area contributed by atoms with Crippen LogP contribution in [0, 0.1) is 11.3 Å². The molecular formula is C31H32N2O3S. The molecular weight excluding hydrogens is 480 g/mol. The molecule has 1 aliphatic rings. The van der Waals surface area contributed by atoms with Gasteiger partial charge >= 0.3 is 5.97 Å². The van der Waals surface area contributed by atoms with Crippen LogP contribution in [0.4, 0.5) is 5.00 Å². The van der Waals surface area contributed by atoms with Gasteiger partial charge in [0.1, 0.15) is 5.00 Å². The first-order valence-corrected chi connectivity index (χ1v) is 13.7. The fourth-order valence-electron chi connectivity index (χ4n) is 5.12. The molecule has 2 aromatic carbocycles. The van der Waals surface area contributed by atoms with E-state index in [9.17, 15) is 9.59 Å². The molecule has 1 unspecified atom stereocenters. The first kappa shape index (κ1) is 25.2. The van der Waals surface area contributed by atoms with Gasteiger partial charge in [0, 0.05) is 15.8 Å². The summed E-state index contributed by atoms with van der Waals surface area (Å²) in [6.45, 7) is 8.90. The molecule has 0 spiro atoms. The molecule has 5 rings (SSSR count). The number of anilines is 1. The molecule has 0 fully saturated rings. The topological polar surface area (TPSA) is 68.3 Å². The number of fused-ring (bicyclic) bond motifs is 2. The Labute approximate surface area is 221 Å². The zero-order valence-corrected chi connectivity index (χ0v) is 22.6. The van der Waals surface area contributed by atoms with Crippen LogP contribution in [0.25, 0.3) is 22.2 Å². The number of benzene rings is 2. The zero-order valence-electron chi connectivity index (χ0n) is 21.8. The molecule has 37 heavy (non-hydrogen) atoms. The van der Waals surface area contributed by atoms with Gasteiger partial charge in [-0.3, -0.25) is 4.79 Å². The summed E-state index contributed by atoms with van der Waals surface area (Å²) in [6.07, 6.45) is 2.73. The van der Waals surface area contributed by atoms with Gasteiger partial charge in [-0.25, -0.2) is 9.78 Å². The fraction of sp³-hybridized carbons (Fsp3) is 0.323. The van der Waals surface area contributed by atoms with E-state index < -0.39 is 0 Å². The third kappa shape index (κ3) is 5.03. The number of esters is 1. The number of pyridine rings is 1. The maximum atomic E-state index is 13.8. The van der Waals surface area contributed by atoms with Crippen LogP contribution in [0.3, 0.4) is 0 Å². The monoisotopic (exact) mass is 512 g/mol. The van der Waals surface area contributed by atoms with E-state index in [4.69, 9.17) is 9.72 Å². The van der Waals surface area contributed by atoms with Gasteiger partial charge in [-0.2, -0.15) is 0 Å². The molecule has 190 valence electrons. The number of aromatic nitrogens is 1. The number of para-hydroxylation sites is 1. The highest BCUT2D eigenvalue weighted by molar-refractivity contribution is 7.17. The van der Waals surface area contributed by atoms with E-state index in [1.165, 1.54) is 16.2 Å². The summed E-state index contributed by atoms with van der Waals surface area (Å²) < 4.78 is 5.43.